The molecule has 198 valence electrons. The molecule has 9 heteroatoms. The number of rotatable bonds is 10. The van der Waals surface area contributed by atoms with E-state index in [0.29, 0.717) is 34.7 Å². The van der Waals surface area contributed by atoms with Crippen molar-refractivity contribution in [2.24, 2.45) is 0 Å². The zero-order chi connectivity index (χ0) is 26.2. The molecule has 1 aliphatic carbocycles. The molecular weight excluding hydrogens is 486 g/mol. The van der Waals surface area contributed by atoms with Gasteiger partial charge in [-0.2, -0.15) is 15.0 Å². The van der Waals surface area contributed by atoms with Gasteiger partial charge < -0.3 is 25.6 Å². The van der Waals surface area contributed by atoms with E-state index in [-0.39, 0.29) is 6.17 Å². The zero-order valence-electron chi connectivity index (χ0n) is 22.2. The first kappa shape index (κ1) is 26.8. The van der Waals surface area contributed by atoms with Gasteiger partial charge >= 0.3 is 0 Å². The molecule has 37 heavy (non-hydrogen) atoms. The van der Waals surface area contributed by atoms with E-state index in [0.717, 1.165) is 30.6 Å². The summed E-state index contributed by atoms with van der Waals surface area (Å²) in [7, 11) is 3.61. The Labute approximate surface area is 225 Å². The Morgan fingerprint density at radius 2 is 1.76 bits per heavy atom. The molecule has 3 aromatic rings. The van der Waals surface area contributed by atoms with Crippen molar-refractivity contribution in [3.8, 4) is 5.75 Å². The molecular formula is C28H38ClN7O. The molecule has 3 N–H and O–H groups in total. The third-order valence-electron chi connectivity index (χ3n) is 6.74. The first-order chi connectivity index (χ1) is 17.9. The number of nitrogens with zero attached hydrogens (tertiary/aromatic N) is 4. The monoisotopic (exact) mass is 523 g/mol. The van der Waals surface area contributed by atoms with Crippen molar-refractivity contribution in [2.75, 3.05) is 35.0 Å². The molecule has 0 amide bonds. The van der Waals surface area contributed by atoms with Crippen LogP contribution in [0.2, 0.25) is 5.02 Å². The normalized spacial score (nSPS) is 14.9. The summed E-state index contributed by atoms with van der Waals surface area (Å²) >= 11 is 6.35. The lowest BCUT2D eigenvalue weighted by atomic mass is 10.1. The zero-order valence-corrected chi connectivity index (χ0v) is 23.0. The van der Waals surface area contributed by atoms with Crippen LogP contribution in [0.3, 0.4) is 0 Å². The quantitative estimate of drug-likeness (QED) is 0.193. The number of ether oxygens (including phenoxy) is 1. The van der Waals surface area contributed by atoms with Crippen LogP contribution >= 0.6 is 11.6 Å². The SMILES string of the molecule is CCC(Nc1cccc(C)c1)N(C)c1nc(Nc2ccc(OC)c(Cl)c2)nc(NC2CCCCCC2)n1. The van der Waals surface area contributed by atoms with Gasteiger partial charge in [0.2, 0.25) is 17.8 Å². The number of hydrogen-bond acceptors (Lipinski definition) is 8. The molecule has 1 atom stereocenters. The summed E-state index contributed by atoms with van der Waals surface area (Å²) in [6.45, 7) is 4.24. The van der Waals surface area contributed by atoms with Crippen LogP contribution in [0.4, 0.5) is 29.2 Å². The van der Waals surface area contributed by atoms with Crippen LogP contribution in [0.5, 0.6) is 5.75 Å². The number of nitrogens with one attached hydrogen (secondary N) is 3. The molecule has 0 radical (unpaired) electrons. The number of benzene rings is 2. The second-order valence-electron chi connectivity index (χ2n) is 9.64. The molecule has 1 unspecified atom stereocenters. The second-order valence-corrected chi connectivity index (χ2v) is 10.0. The van der Waals surface area contributed by atoms with Crippen LogP contribution in [0.25, 0.3) is 0 Å². The number of hydrogen-bond donors (Lipinski definition) is 3. The van der Waals surface area contributed by atoms with E-state index in [9.17, 15) is 0 Å². The predicted molar refractivity (Wildman–Crippen MR) is 154 cm³/mol. The van der Waals surface area contributed by atoms with Gasteiger partial charge in [-0.1, -0.05) is 56.3 Å². The second kappa shape index (κ2) is 12.8. The van der Waals surface area contributed by atoms with Gasteiger partial charge in [0.25, 0.3) is 0 Å². The number of anilines is 5. The van der Waals surface area contributed by atoms with Crippen molar-refractivity contribution in [3.63, 3.8) is 0 Å². The fraction of sp³-hybridized carbons (Fsp3) is 0.464. The lowest BCUT2D eigenvalue weighted by Crippen LogP contribution is -2.39. The van der Waals surface area contributed by atoms with Gasteiger partial charge in [-0.15, -0.1) is 0 Å². The lowest BCUT2D eigenvalue weighted by molar-refractivity contribution is 0.415. The first-order valence-electron chi connectivity index (χ1n) is 13.1. The van der Waals surface area contributed by atoms with Crippen molar-refractivity contribution < 1.29 is 4.74 Å². The van der Waals surface area contributed by atoms with Crippen LogP contribution in [-0.4, -0.2) is 41.3 Å². The minimum absolute atomic E-state index is 0.00166. The minimum atomic E-state index is -0.00166. The van der Waals surface area contributed by atoms with Gasteiger partial charge in [-0.3, -0.25) is 0 Å². The molecule has 0 bridgehead atoms. The molecule has 1 saturated carbocycles. The Kier molecular flexibility index (Phi) is 9.28. The van der Waals surface area contributed by atoms with E-state index >= 15 is 0 Å². The molecule has 1 aromatic heterocycles. The maximum Gasteiger partial charge on any atom is 0.233 e. The Bertz CT molecular complexity index is 1170. The average Bonchev–Trinajstić information content (AvgIpc) is 3.15. The van der Waals surface area contributed by atoms with E-state index in [1.54, 1.807) is 13.2 Å². The number of aryl methyl sites for hydroxylation is 1. The predicted octanol–water partition coefficient (Wildman–Crippen LogP) is 7.00. The Balaban J connectivity index is 1.62. The molecule has 1 fully saturated rings. The highest BCUT2D eigenvalue weighted by molar-refractivity contribution is 6.32. The molecule has 1 aliphatic rings. The van der Waals surface area contributed by atoms with E-state index in [1.165, 1.54) is 31.2 Å². The van der Waals surface area contributed by atoms with E-state index < -0.39 is 0 Å². The highest BCUT2D eigenvalue weighted by Gasteiger charge is 2.20. The Morgan fingerprint density at radius 3 is 2.43 bits per heavy atom. The molecule has 4 rings (SSSR count). The summed E-state index contributed by atoms with van der Waals surface area (Å²) in [5.74, 6) is 2.24. The lowest BCUT2D eigenvalue weighted by Gasteiger charge is -2.29. The summed E-state index contributed by atoms with van der Waals surface area (Å²) in [5, 5.41) is 11.0. The van der Waals surface area contributed by atoms with Gasteiger partial charge in [-0.05, 0) is 62.1 Å². The highest BCUT2D eigenvalue weighted by atomic mass is 35.5. The number of aromatic nitrogens is 3. The van der Waals surface area contributed by atoms with Crippen molar-refractivity contribution in [1.82, 2.24) is 15.0 Å². The van der Waals surface area contributed by atoms with Gasteiger partial charge in [0, 0.05) is 24.5 Å². The van der Waals surface area contributed by atoms with Gasteiger partial charge in [0.05, 0.1) is 12.1 Å². The maximum atomic E-state index is 6.35. The molecule has 8 nitrogen and oxygen atoms in total. The fourth-order valence-electron chi connectivity index (χ4n) is 4.66. The van der Waals surface area contributed by atoms with E-state index in [1.807, 2.05) is 19.2 Å². The van der Waals surface area contributed by atoms with Crippen molar-refractivity contribution in [1.29, 1.82) is 0 Å². The minimum Gasteiger partial charge on any atom is -0.495 e. The third kappa shape index (κ3) is 7.38. The van der Waals surface area contributed by atoms with Gasteiger partial charge in [0.1, 0.15) is 11.9 Å². The number of methoxy groups -OCH3 is 1. The standard InChI is InChI=1S/C28H38ClN7O/c1-5-25(30-21-14-10-11-19(2)17-21)36(3)28-34-26(31-20-12-8-6-7-9-13-20)33-27(35-28)32-22-15-16-24(37-4)23(29)18-22/h10-11,14-18,20,25,30H,5-9,12-13H2,1-4H3,(H2,31,32,33,34,35). The molecule has 0 spiro atoms. The van der Waals surface area contributed by atoms with Crippen LogP contribution in [0, 0.1) is 6.92 Å². The molecule has 2 aromatic carbocycles. The van der Waals surface area contributed by atoms with Crippen molar-refractivity contribution >= 4 is 40.8 Å². The highest BCUT2D eigenvalue weighted by Crippen LogP contribution is 2.29. The van der Waals surface area contributed by atoms with Crippen molar-refractivity contribution in [2.45, 2.75) is 71.0 Å². The van der Waals surface area contributed by atoms with Crippen LogP contribution < -0.4 is 25.6 Å². The third-order valence-corrected chi connectivity index (χ3v) is 7.04. The maximum absolute atomic E-state index is 6.35. The van der Waals surface area contributed by atoms with Gasteiger partial charge in [0.15, 0.2) is 0 Å². The molecule has 1 heterocycles. The smallest absolute Gasteiger partial charge is 0.233 e. The Hall–Kier alpha value is -3.26. The van der Waals surface area contributed by atoms with E-state index in [4.69, 9.17) is 31.3 Å². The molecule has 0 aliphatic heterocycles. The summed E-state index contributed by atoms with van der Waals surface area (Å²) in [5.41, 5.74) is 3.05. The van der Waals surface area contributed by atoms with Crippen LogP contribution in [0.1, 0.15) is 57.4 Å². The summed E-state index contributed by atoms with van der Waals surface area (Å²) in [6, 6.07) is 14.3. The van der Waals surface area contributed by atoms with E-state index in [2.05, 4.69) is 59.0 Å². The summed E-state index contributed by atoms with van der Waals surface area (Å²) < 4.78 is 5.28. The Morgan fingerprint density at radius 1 is 1.00 bits per heavy atom. The van der Waals surface area contributed by atoms with Crippen LogP contribution in [-0.2, 0) is 0 Å². The summed E-state index contributed by atoms with van der Waals surface area (Å²) in [6.07, 6.45) is 8.14. The largest absolute Gasteiger partial charge is 0.495 e. The topological polar surface area (TPSA) is 87.2 Å². The first-order valence-corrected chi connectivity index (χ1v) is 13.5. The number of halogens is 1. The molecule has 0 saturated heterocycles. The van der Waals surface area contributed by atoms with Crippen LogP contribution in [0.15, 0.2) is 42.5 Å². The fourth-order valence-corrected chi connectivity index (χ4v) is 4.92. The van der Waals surface area contributed by atoms with Crippen molar-refractivity contribution in [3.05, 3.63) is 53.1 Å². The summed E-state index contributed by atoms with van der Waals surface area (Å²) in [4.78, 5) is 16.4. The average molecular weight is 524 g/mol. The van der Waals surface area contributed by atoms with Gasteiger partial charge in [-0.25, -0.2) is 0 Å².